The number of nitrogens with zero attached hydrogens (tertiary/aromatic N) is 1. The van der Waals surface area contributed by atoms with Crippen LogP contribution in [0.15, 0.2) is 36.4 Å². The van der Waals surface area contributed by atoms with Crippen LogP contribution in [-0.4, -0.2) is 29.4 Å². The number of halogens is 1. The van der Waals surface area contributed by atoms with Crippen LogP contribution in [0, 0.1) is 5.82 Å². The van der Waals surface area contributed by atoms with Gasteiger partial charge in [-0.3, -0.25) is 4.79 Å². The number of hydrogen-bond acceptors (Lipinski definition) is 2. The minimum absolute atomic E-state index is 0.0663. The Morgan fingerprint density at radius 3 is 2.57 bits per heavy atom. The van der Waals surface area contributed by atoms with Crippen LogP contribution < -0.4 is 5.73 Å². The Morgan fingerprint density at radius 1 is 1.24 bits per heavy atom. The van der Waals surface area contributed by atoms with Gasteiger partial charge in [-0.2, -0.15) is 0 Å². The number of fused-ring (bicyclic) bond motifs is 1. The summed E-state index contributed by atoms with van der Waals surface area (Å²) in [5.41, 5.74) is 6.50. The Balaban J connectivity index is 1.89. The summed E-state index contributed by atoms with van der Waals surface area (Å²) >= 11 is 0. The molecule has 1 aliphatic heterocycles. The summed E-state index contributed by atoms with van der Waals surface area (Å²) in [6.07, 6.45) is 1.93. The Morgan fingerprint density at radius 2 is 1.90 bits per heavy atom. The number of carbonyl (C=O) groups is 1. The molecule has 1 aliphatic rings. The molecule has 3 rings (SSSR count). The number of carbonyl (C=O) groups excluding carboxylic acids is 1. The van der Waals surface area contributed by atoms with Gasteiger partial charge in [0.05, 0.1) is 5.54 Å². The highest BCUT2D eigenvalue weighted by Crippen LogP contribution is 2.28. The molecule has 0 radical (unpaired) electrons. The number of likely N-dealkylation sites (tertiary alicyclic amines) is 1. The van der Waals surface area contributed by atoms with Crippen LogP contribution in [0.4, 0.5) is 4.39 Å². The van der Waals surface area contributed by atoms with Gasteiger partial charge in [0.2, 0.25) is 0 Å². The molecule has 2 N–H and O–H groups in total. The maximum absolute atomic E-state index is 13.8. The number of rotatable bonds is 3. The van der Waals surface area contributed by atoms with E-state index < -0.39 is 0 Å². The standard InChI is InChI=1S/C17H19FN2O/c1-2-9-17(19)10-20(11-17)16(21)14-7-8-15(18)13-6-4-3-5-12(13)14/h3-8H,2,9-11,19H2,1H3. The van der Waals surface area contributed by atoms with Gasteiger partial charge < -0.3 is 10.6 Å². The second kappa shape index (κ2) is 5.11. The number of amides is 1. The van der Waals surface area contributed by atoms with E-state index in [4.69, 9.17) is 5.73 Å². The van der Waals surface area contributed by atoms with Crippen molar-refractivity contribution in [2.24, 2.45) is 5.73 Å². The Bertz CT molecular complexity index is 692. The maximum Gasteiger partial charge on any atom is 0.254 e. The minimum Gasteiger partial charge on any atom is -0.335 e. The molecule has 4 heteroatoms. The van der Waals surface area contributed by atoms with Gasteiger partial charge in [0.15, 0.2) is 0 Å². The van der Waals surface area contributed by atoms with E-state index in [0.717, 1.165) is 12.8 Å². The molecule has 2 aromatic carbocycles. The number of nitrogens with two attached hydrogens (primary N) is 1. The molecule has 110 valence electrons. The second-order valence-electron chi connectivity index (χ2n) is 5.91. The average Bonchev–Trinajstić information content (AvgIpc) is 2.45. The quantitative estimate of drug-likeness (QED) is 0.943. The molecule has 0 saturated carbocycles. The largest absolute Gasteiger partial charge is 0.335 e. The van der Waals surface area contributed by atoms with Crippen molar-refractivity contribution in [1.82, 2.24) is 4.90 Å². The van der Waals surface area contributed by atoms with E-state index in [9.17, 15) is 9.18 Å². The first-order valence-electron chi connectivity index (χ1n) is 7.29. The summed E-state index contributed by atoms with van der Waals surface area (Å²) in [5, 5.41) is 1.14. The zero-order valence-electron chi connectivity index (χ0n) is 12.1. The van der Waals surface area contributed by atoms with Crippen LogP contribution in [0.25, 0.3) is 10.8 Å². The fraction of sp³-hybridized carbons (Fsp3) is 0.353. The van der Waals surface area contributed by atoms with E-state index in [0.29, 0.717) is 29.4 Å². The molecule has 1 amide bonds. The number of benzene rings is 2. The molecule has 2 aromatic rings. The summed E-state index contributed by atoms with van der Waals surface area (Å²) in [4.78, 5) is 14.3. The molecule has 0 spiro atoms. The van der Waals surface area contributed by atoms with Crippen LogP contribution in [0.1, 0.15) is 30.1 Å². The van der Waals surface area contributed by atoms with E-state index in [2.05, 4.69) is 6.92 Å². The lowest BCUT2D eigenvalue weighted by molar-refractivity contribution is 0.0388. The third kappa shape index (κ3) is 2.40. The van der Waals surface area contributed by atoms with Crippen molar-refractivity contribution in [3.63, 3.8) is 0 Å². The SMILES string of the molecule is CCCC1(N)CN(C(=O)c2ccc(F)c3ccccc23)C1. The third-order valence-corrected chi connectivity index (χ3v) is 4.15. The molecule has 0 bridgehead atoms. The molecule has 0 aliphatic carbocycles. The second-order valence-corrected chi connectivity index (χ2v) is 5.91. The molecule has 0 unspecified atom stereocenters. The highest BCUT2D eigenvalue weighted by Gasteiger charge is 2.41. The van der Waals surface area contributed by atoms with E-state index >= 15 is 0 Å². The van der Waals surface area contributed by atoms with Crippen molar-refractivity contribution in [1.29, 1.82) is 0 Å². The molecule has 3 nitrogen and oxygen atoms in total. The van der Waals surface area contributed by atoms with E-state index in [1.54, 1.807) is 29.2 Å². The lowest BCUT2D eigenvalue weighted by Crippen LogP contribution is -2.68. The predicted molar refractivity (Wildman–Crippen MR) is 81.6 cm³/mol. The van der Waals surface area contributed by atoms with Gasteiger partial charge in [-0.1, -0.05) is 37.6 Å². The lowest BCUT2D eigenvalue weighted by atomic mass is 9.85. The first-order chi connectivity index (χ1) is 10.0. The van der Waals surface area contributed by atoms with Crippen molar-refractivity contribution >= 4 is 16.7 Å². The zero-order valence-corrected chi connectivity index (χ0v) is 12.1. The van der Waals surface area contributed by atoms with Crippen molar-refractivity contribution < 1.29 is 9.18 Å². The van der Waals surface area contributed by atoms with Gasteiger partial charge in [0.25, 0.3) is 5.91 Å². The lowest BCUT2D eigenvalue weighted by Gasteiger charge is -2.48. The Labute approximate surface area is 123 Å². The van der Waals surface area contributed by atoms with Crippen LogP contribution >= 0.6 is 0 Å². The smallest absolute Gasteiger partial charge is 0.254 e. The molecule has 0 aromatic heterocycles. The first kappa shape index (κ1) is 14.0. The van der Waals surface area contributed by atoms with Crippen molar-refractivity contribution in [2.75, 3.05) is 13.1 Å². The van der Waals surface area contributed by atoms with Gasteiger partial charge in [-0.05, 0) is 23.9 Å². The van der Waals surface area contributed by atoms with E-state index in [-0.39, 0.29) is 17.3 Å². The molecule has 0 atom stereocenters. The molecule has 1 heterocycles. The van der Waals surface area contributed by atoms with Gasteiger partial charge in [-0.25, -0.2) is 4.39 Å². The van der Waals surface area contributed by atoms with Crippen LogP contribution in [0.3, 0.4) is 0 Å². The highest BCUT2D eigenvalue weighted by atomic mass is 19.1. The zero-order chi connectivity index (χ0) is 15.0. The highest BCUT2D eigenvalue weighted by molar-refractivity contribution is 6.07. The summed E-state index contributed by atoms with van der Waals surface area (Å²) < 4.78 is 13.8. The monoisotopic (exact) mass is 286 g/mol. The van der Waals surface area contributed by atoms with Crippen LogP contribution in [0.2, 0.25) is 0 Å². The van der Waals surface area contributed by atoms with Crippen molar-refractivity contribution in [2.45, 2.75) is 25.3 Å². The number of hydrogen-bond donors (Lipinski definition) is 1. The third-order valence-electron chi connectivity index (χ3n) is 4.15. The van der Waals surface area contributed by atoms with Gasteiger partial charge in [0.1, 0.15) is 5.82 Å². The Hall–Kier alpha value is -1.94. The van der Waals surface area contributed by atoms with E-state index in [1.165, 1.54) is 6.07 Å². The predicted octanol–water partition coefficient (Wildman–Crippen LogP) is 2.93. The fourth-order valence-corrected chi connectivity index (χ4v) is 3.13. The maximum atomic E-state index is 13.8. The first-order valence-corrected chi connectivity index (χ1v) is 7.29. The molecular weight excluding hydrogens is 267 g/mol. The molecule has 21 heavy (non-hydrogen) atoms. The topological polar surface area (TPSA) is 46.3 Å². The summed E-state index contributed by atoms with van der Waals surface area (Å²) in [7, 11) is 0. The van der Waals surface area contributed by atoms with Crippen molar-refractivity contribution in [3.8, 4) is 0 Å². The molecule has 1 saturated heterocycles. The minimum atomic E-state index is -0.301. The van der Waals surface area contributed by atoms with Crippen LogP contribution in [0.5, 0.6) is 0 Å². The van der Waals surface area contributed by atoms with Gasteiger partial charge in [-0.15, -0.1) is 0 Å². The molecule has 1 fully saturated rings. The summed E-state index contributed by atoms with van der Waals surface area (Å²) in [5.74, 6) is -0.367. The normalized spacial score (nSPS) is 16.8. The average molecular weight is 286 g/mol. The Kier molecular flexibility index (Phi) is 3.41. The summed E-state index contributed by atoms with van der Waals surface area (Å²) in [6, 6.07) is 10.00. The van der Waals surface area contributed by atoms with Crippen LogP contribution in [-0.2, 0) is 0 Å². The van der Waals surface area contributed by atoms with E-state index in [1.807, 2.05) is 6.07 Å². The summed E-state index contributed by atoms with van der Waals surface area (Å²) in [6.45, 7) is 3.24. The van der Waals surface area contributed by atoms with Crippen molar-refractivity contribution in [3.05, 3.63) is 47.8 Å². The van der Waals surface area contributed by atoms with Gasteiger partial charge in [0, 0.05) is 24.0 Å². The molecular formula is C17H19FN2O. The fourth-order valence-electron chi connectivity index (χ4n) is 3.13. The van der Waals surface area contributed by atoms with Gasteiger partial charge >= 0.3 is 0 Å².